The number of nitrogens with one attached hydrogen (secondary N) is 1. The zero-order valence-electron chi connectivity index (χ0n) is 11.6. The van der Waals surface area contributed by atoms with E-state index in [2.05, 4.69) is 10.2 Å². The predicted molar refractivity (Wildman–Crippen MR) is 67.2 cm³/mol. The van der Waals surface area contributed by atoms with Gasteiger partial charge in [-0.3, -0.25) is 9.69 Å². The fourth-order valence-electron chi connectivity index (χ4n) is 2.93. The Bertz CT molecular complexity index is 345. The van der Waals surface area contributed by atoms with E-state index in [4.69, 9.17) is 4.74 Å². The van der Waals surface area contributed by atoms with Gasteiger partial charge >= 0.3 is 12.1 Å². The van der Waals surface area contributed by atoms with Gasteiger partial charge in [0.25, 0.3) is 0 Å². The second-order valence-electron chi connectivity index (χ2n) is 5.69. The molecule has 7 heteroatoms. The van der Waals surface area contributed by atoms with Crippen LogP contribution in [-0.2, 0) is 9.53 Å². The third-order valence-electron chi connectivity index (χ3n) is 4.20. The topological polar surface area (TPSA) is 41.6 Å². The van der Waals surface area contributed by atoms with Gasteiger partial charge in [0.05, 0.1) is 19.6 Å². The molecule has 1 aliphatic heterocycles. The number of esters is 1. The molecule has 0 aromatic heterocycles. The molecule has 1 saturated heterocycles. The van der Waals surface area contributed by atoms with Crippen LogP contribution >= 0.6 is 0 Å². The summed E-state index contributed by atoms with van der Waals surface area (Å²) in [5, 5.41) is 2.53. The highest BCUT2D eigenvalue weighted by Gasteiger charge is 2.38. The lowest BCUT2D eigenvalue weighted by Gasteiger charge is -2.44. The first-order chi connectivity index (χ1) is 9.39. The fraction of sp³-hybridized carbons (Fsp3) is 0.923. The van der Waals surface area contributed by atoms with Crippen LogP contribution in [0, 0.1) is 5.92 Å². The van der Waals surface area contributed by atoms with Gasteiger partial charge in [-0.2, -0.15) is 13.2 Å². The van der Waals surface area contributed by atoms with Gasteiger partial charge in [-0.25, -0.2) is 0 Å². The summed E-state index contributed by atoms with van der Waals surface area (Å²) in [5.74, 6) is -0.659. The van der Waals surface area contributed by atoms with E-state index < -0.39 is 12.7 Å². The highest BCUT2D eigenvalue weighted by atomic mass is 19.4. The number of hydrogen-bond donors (Lipinski definition) is 1. The molecule has 0 aromatic rings. The molecule has 4 nitrogen and oxygen atoms in total. The van der Waals surface area contributed by atoms with Gasteiger partial charge in [0, 0.05) is 25.2 Å². The molecule has 116 valence electrons. The van der Waals surface area contributed by atoms with Crippen molar-refractivity contribution in [3.05, 3.63) is 0 Å². The Kier molecular flexibility index (Phi) is 4.90. The van der Waals surface area contributed by atoms with E-state index in [0.717, 1.165) is 19.3 Å². The number of nitrogens with zero attached hydrogens (tertiary/aromatic N) is 1. The lowest BCUT2D eigenvalue weighted by molar-refractivity contribution is -0.149. The minimum absolute atomic E-state index is 0.310. The summed E-state index contributed by atoms with van der Waals surface area (Å²) in [6.45, 7) is 0.167. The summed E-state index contributed by atoms with van der Waals surface area (Å²) in [7, 11) is 1.32. The second-order valence-corrected chi connectivity index (χ2v) is 5.69. The highest BCUT2D eigenvalue weighted by Crippen LogP contribution is 2.30. The fourth-order valence-corrected chi connectivity index (χ4v) is 2.93. The number of hydrogen-bond acceptors (Lipinski definition) is 4. The van der Waals surface area contributed by atoms with E-state index in [1.807, 2.05) is 0 Å². The van der Waals surface area contributed by atoms with Gasteiger partial charge in [-0.05, 0) is 19.3 Å². The predicted octanol–water partition coefficient (Wildman–Crippen LogP) is 1.55. The monoisotopic (exact) mass is 294 g/mol. The molecule has 2 rings (SSSR count). The normalized spacial score (nSPS) is 29.0. The molecule has 1 saturated carbocycles. The Hall–Kier alpha value is -0.820. The zero-order valence-corrected chi connectivity index (χ0v) is 11.6. The smallest absolute Gasteiger partial charge is 0.401 e. The number of piperidine rings is 1. The van der Waals surface area contributed by atoms with Crippen molar-refractivity contribution in [2.75, 3.05) is 26.7 Å². The highest BCUT2D eigenvalue weighted by molar-refractivity contribution is 5.72. The quantitative estimate of drug-likeness (QED) is 0.799. The molecule has 0 amide bonds. The molecule has 20 heavy (non-hydrogen) atoms. The number of halogens is 3. The number of carbonyl (C=O) groups excluding carboxylic acids is 1. The molecule has 0 bridgehead atoms. The molecule has 1 N–H and O–H groups in total. The van der Waals surface area contributed by atoms with Gasteiger partial charge in [-0.1, -0.05) is 6.42 Å². The van der Waals surface area contributed by atoms with Crippen molar-refractivity contribution in [1.29, 1.82) is 0 Å². The minimum atomic E-state index is -4.22. The molecule has 2 fully saturated rings. The third kappa shape index (κ3) is 4.09. The van der Waals surface area contributed by atoms with Gasteiger partial charge in [0.15, 0.2) is 0 Å². The van der Waals surface area contributed by atoms with Gasteiger partial charge < -0.3 is 10.1 Å². The standard InChI is InChI=1S/C13H21F3N2O2/c1-20-12(19)9-5-10(17-8-13(14,15)16)7-18(6-9)11-3-2-4-11/h9-11,17H,2-8H2,1H3. The number of ether oxygens (including phenoxy) is 1. The molecule has 1 heterocycles. The average molecular weight is 294 g/mol. The molecule has 0 spiro atoms. The number of likely N-dealkylation sites (tertiary alicyclic amines) is 1. The van der Waals surface area contributed by atoms with E-state index in [9.17, 15) is 18.0 Å². The van der Waals surface area contributed by atoms with Gasteiger partial charge in [0.2, 0.25) is 0 Å². The van der Waals surface area contributed by atoms with Crippen LogP contribution < -0.4 is 5.32 Å². The molecule has 2 aliphatic rings. The maximum atomic E-state index is 12.3. The van der Waals surface area contributed by atoms with Crippen LogP contribution in [0.25, 0.3) is 0 Å². The Morgan fingerprint density at radius 1 is 1.35 bits per heavy atom. The van der Waals surface area contributed by atoms with E-state index >= 15 is 0 Å². The van der Waals surface area contributed by atoms with Crippen molar-refractivity contribution in [2.45, 2.75) is 43.9 Å². The van der Waals surface area contributed by atoms with Crippen LogP contribution in [0.3, 0.4) is 0 Å². The summed E-state index contributed by atoms with van der Waals surface area (Å²) in [4.78, 5) is 13.8. The van der Waals surface area contributed by atoms with Crippen LogP contribution in [0.15, 0.2) is 0 Å². The van der Waals surface area contributed by atoms with Crippen LogP contribution in [0.4, 0.5) is 13.2 Å². The molecule has 2 atom stereocenters. The Morgan fingerprint density at radius 2 is 2.05 bits per heavy atom. The third-order valence-corrected chi connectivity index (χ3v) is 4.20. The van der Waals surface area contributed by atoms with Crippen LogP contribution in [-0.4, -0.2) is 55.9 Å². The zero-order chi connectivity index (χ0) is 14.8. The van der Waals surface area contributed by atoms with Crippen molar-refractivity contribution in [3.8, 4) is 0 Å². The van der Waals surface area contributed by atoms with Crippen molar-refractivity contribution < 1.29 is 22.7 Å². The van der Waals surface area contributed by atoms with Crippen molar-refractivity contribution >= 4 is 5.97 Å². The number of alkyl halides is 3. The van der Waals surface area contributed by atoms with E-state index in [1.54, 1.807) is 0 Å². The summed E-state index contributed by atoms with van der Waals surface area (Å²) in [6, 6.07) is 0.104. The maximum absolute atomic E-state index is 12.3. The van der Waals surface area contributed by atoms with E-state index in [0.29, 0.717) is 25.6 Å². The number of rotatable bonds is 4. The summed E-state index contributed by atoms with van der Waals surface area (Å²) in [6.07, 6.45) is -0.518. The van der Waals surface area contributed by atoms with E-state index in [1.165, 1.54) is 7.11 Å². The number of methoxy groups -OCH3 is 1. The van der Waals surface area contributed by atoms with Gasteiger partial charge in [0.1, 0.15) is 0 Å². The Labute approximate surface area is 116 Å². The molecule has 0 aromatic carbocycles. The van der Waals surface area contributed by atoms with Crippen molar-refractivity contribution in [1.82, 2.24) is 10.2 Å². The first kappa shape index (κ1) is 15.6. The van der Waals surface area contributed by atoms with Gasteiger partial charge in [-0.15, -0.1) is 0 Å². The SMILES string of the molecule is COC(=O)C1CC(NCC(F)(F)F)CN(C2CCC2)C1. The van der Waals surface area contributed by atoms with E-state index in [-0.39, 0.29) is 17.9 Å². The lowest BCUT2D eigenvalue weighted by Crippen LogP contribution is -2.56. The molecular weight excluding hydrogens is 273 g/mol. The molecular formula is C13H21F3N2O2. The van der Waals surface area contributed by atoms with Crippen LogP contribution in [0.1, 0.15) is 25.7 Å². The summed E-state index contributed by atoms with van der Waals surface area (Å²) < 4.78 is 41.6. The van der Waals surface area contributed by atoms with Crippen LogP contribution in [0.5, 0.6) is 0 Å². The molecule has 1 aliphatic carbocycles. The number of carbonyl (C=O) groups is 1. The minimum Gasteiger partial charge on any atom is -0.469 e. The second kappa shape index (κ2) is 6.30. The largest absolute Gasteiger partial charge is 0.469 e. The van der Waals surface area contributed by atoms with Crippen molar-refractivity contribution in [2.24, 2.45) is 5.92 Å². The average Bonchev–Trinajstić information content (AvgIpc) is 2.32. The summed E-state index contributed by atoms with van der Waals surface area (Å²) >= 11 is 0. The first-order valence-electron chi connectivity index (χ1n) is 7.01. The van der Waals surface area contributed by atoms with Crippen LogP contribution in [0.2, 0.25) is 0 Å². The summed E-state index contributed by atoms with van der Waals surface area (Å²) in [5.41, 5.74) is 0. The molecule has 2 unspecified atom stereocenters. The maximum Gasteiger partial charge on any atom is 0.401 e. The Morgan fingerprint density at radius 3 is 2.55 bits per heavy atom. The lowest BCUT2D eigenvalue weighted by atomic mass is 9.86. The molecule has 0 radical (unpaired) electrons. The van der Waals surface area contributed by atoms with Crippen molar-refractivity contribution in [3.63, 3.8) is 0 Å². The Balaban J connectivity index is 1.94. The first-order valence-corrected chi connectivity index (χ1v) is 7.01.